The molecule has 9 heteroatoms. The lowest BCUT2D eigenvalue weighted by Crippen LogP contribution is -2.51. The maximum Gasteiger partial charge on any atom is 0.279 e. The van der Waals surface area contributed by atoms with E-state index in [0.717, 1.165) is 5.56 Å². The summed E-state index contributed by atoms with van der Waals surface area (Å²) in [6.07, 6.45) is 0. The van der Waals surface area contributed by atoms with E-state index >= 15 is 0 Å². The van der Waals surface area contributed by atoms with Gasteiger partial charge in [0.05, 0.1) is 28.7 Å². The smallest absolute Gasteiger partial charge is 0.279 e. The number of carbonyl (C=O) groups excluding carboxylic acids is 1. The summed E-state index contributed by atoms with van der Waals surface area (Å²) in [7, 11) is 0. The van der Waals surface area contributed by atoms with Crippen LogP contribution in [0.4, 0.5) is 5.69 Å². The van der Waals surface area contributed by atoms with E-state index in [1.54, 1.807) is 30.3 Å². The Morgan fingerprint density at radius 3 is 2.71 bits per heavy atom. The summed E-state index contributed by atoms with van der Waals surface area (Å²) in [5.74, 6) is -1.49. The first-order valence-electron chi connectivity index (χ1n) is 8.52. The summed E-state index contributed by atoms with van der Waals surface area (Å²) in [6, 6.07) is 16.2. The number of hydrogen-bond donors (Lipinski definition) is 2. The summed E-state index contributed by atoms with van der Waals surface area (Å²) in [5, 5.41) is 35.5. The van der Waals surface area contributed by atoms with Gasteiger partial charge < -0.3 is 10.0 Å². The lowest BCUT2D eigenvalue weighted by molar-refractivity contribution is -0.384. The van der Waals surface area contributed by atoms with Gasteiger partial charge in [-0.25, -0.2) is 0 Å². The topological polar surface area (TPSA) is 132 Å². The summed E-state index contributed by atoms with van der Waals surface area (Å²) < 4.78 is 0. The maximum atomic E-state index is 12.9. The minimum absolute atomic E-state index is 0.120. The molecule has 0 bridgehead atoms. The predicted molar refractivity (Wildman–Crippen MR) is 97.7 cm³/mol. The first kappa shape index (κ1) is 17.6. The third-order valence-electron chi connectivity index (χ3n) is 5.06. The normalized spacial score (nSPS) is 25.6. The molecule has 3 unspecified atom stereocenters. The molecule has 3 atom stereocenters. The third kappa shape index (κ3) is 2.51. The van der Waals surface area contributed by atoms with Crippen LogP contribution < -0.4 is 5.43 Å². The number of nitro groups is 1. The molecule has 2 heterocycles. The van der Waals surface area contributed by atoms with Crippen molar-refractivity contribution in [2.24, 2.45) is 11.0 Å². The van der Waals surface area contributed by atoms with Gasteiger partial charge in [0, 0.05) is 17.7 Å². The summed E-state index contributed by atoms with van der Waals surface area (Å²) in [6.45, 7) is -0.207. The van der Waals surface area contributed by atoms with E-state index in [1.165, 1.54) is 23.1 Å². The highest BCUT2D eigenvalue weighted by molar-refractivity contribution is 6.10. The van der Waals surface area contributed by atoms with E-state index in [4.69, 9.17) is 0 Å². The minimum Gasteiger partial charge on any atom is -0.362 e. The zero-order valence-corrected chi connectivity index (χ0v) is 14.5. The monoisotopic (exact) mass is 377 g/mol. The van der Waals surface area contributed by atoms with Gasteiger partial charge in [0.15, 0.2) is 0 Å². The van der Waals surface area contributed by atoms with Gasteiger partial charge in [0.2, 0.25) is 5.72 Å². The first-order valence-corrected chi connectivity index (χ1v) is 8.52. The Bertz CT molecular complexity index is 1030. The van der Waals surface area contributed by atoms with Crippen LogP contribution in [0.15, 0.2) is 59.7 Å². The number of fused-ring (bicyclic) bond motifs is 1. The number of aliphatic hydroxyl groups is 1. The Labute approximate surface area is 159 Å². The number of nitro benzene ring substituents is 1. The van der Waals surface area contributed by atoms with Crippen molar-refractivity contribution >= 4 is 17.3 Å². The lowest BCUT2D eigenvalue weighted by Gasteiger charge is -2.26. The molecule has 0 radical (unpaired) electrons. The Balaban J connectivity index is 1.84. The number of amides is 1. The van der Waals surface area contributed by atoms with Gasteiger partial charge in [0.25, 0.3) is 11.6 Å². The average molecular weight is 377 g/mol. The van der Waals surface area contributed by atoms with Crippen molar-refractivity contribution in [1.82, 2.24) is 10.3 Å². The second-order valence-corrected chi connectivity index (χ2v) is 6.61. The molecule has 2 aromatic rings. The molecule has 0 aliphatic carbocycles. The molecule has 2 N–H and O–H groups in total. The molecule has 2 aromatic carbocycles. The van der Waals surface area contributed by atoms with Crippen LogP contribution in [-0.2, 0) is 4.79 Å². The van der Waals surface area contributed by atoms with Gasteiger partial charge >= 0.3 is 0 Å². The zero-order valence-electron chi connectivity index (χ0n) is 14.5. The van der Waals surface area contributed by atoms with E-state index in [9.17, 15) is 25.3 Å². The van der Waals surface area contributed by atoms with Gasteiger partial charge in [-0.2, -0.15) is 10.4 Å². The number of nitrogens with one attached hydrogen (secondary N) is 1. The van der Waals surface area contributed by atoms with Crippen molar-refractivity contribution < 1.29 is 14.8 Å². The van der Waals surface area contributed by atoms with Gasteiger partial charge in [-0.3, -0.25) is 20.3 Å². The molecule has 1 saturated heterocycles. The molecule has 1 fully saturated rings. The molecule has 0 saturated carbocycles. The van der Waals surface area contributed by atoms with Crippen LogP contribution in [0.2, 0.25) is 0 Å². The Kier molecular flexibility index (Phi) is 4.05. The molecule has 0 aromatic heterocycles. The molecule has 2 aliphatic rings. The fraction of sp³-hybridized carbons (Fsp3) is 0.211. The van der Waals surface area contributed by atoms with E-state index in [0.29, 0.717) is 11.3 Å². The molecule has 140 valence electrons. The summed E-state index contributed by atoms with van der Waals surface area (Å²) in [5.41, 5.74) is 1.85. The highest BCUT2D eigenvalue weighted by atomic mass is 16.6. The van der Waals surface area contributed by atoms with Gasteiger partial charge in [0.1, 0.15) is 6.54 Å². The SMILES string of the molecule is N#CCN1C(=O)C2(O)NN=C(c3cccc([N+](=O)[O-])c3)C2C1c1ccccc1. The van der Waals surface area contributed by atoms with Crippen LogP contribution in [0.3, 0.4) is 0 Å². The van der Waals surface area contributed by atoms with Crippen molar-refractivity contribution in [2.45, 2.75) is 11.8 Å². The number of nitriles is 1. The molecular weight excluding hydrogens is 362 g/mol. The second-order valence-electron chi connectivity index (χ2n) is 6.61. The van der Waals surface area contributed by atoms with Crippen LogP contribution in [0.5, 0.6) is 0 Å². The van der Waals surface area contributed by atoms with Crippen molar-refractivity contribution in [3.05, 3.63) is 75.8 Å². The van der Waals surface area contributed by atoms with Crippen LogP contribution in [0.1, 0.15) is 17.2 Å². The minimum atomic E-state index is -2.02. The van der Waals surface area contributed by atoms with E-state index in [1.807, 2.05) is 12.1 Å². The average Bonchev–Trinajstić information content (AvgIpc) is 3.15. The number of benzene rings is 2. The quantitative estimate of drug-likeness (QED) is 0.469. The summed E-state index contributed by atoms with van der Waals surface area (Å²) in [4.78, 5) is 24.8. The fourth-order valence-corrected chi connectivity index (χ4v) is 3.86. The van der Waals surface area contributed by atoms with Gasteiger partial charge in [-0.15, -0.1) is 0 Å². The molecule has 1 amide bonds. The second kappa shape index (κ2) is 6.44. The number of likely N-dealkylation sites (tertiary alicyclic amines) is 1. The standard InChI is InChI=1S/C19H15N5O4/c20-9-10-23-17(12-5-2-1-3-6-12)15-16(21-22-19(15,26)18(23)25)13-7-4-8-14(11-13)24(27)28/h1-8,11,15,17,22,26H,10H2. The predicted octanol–water partition coefficient (Wildman–Crippen LogP) is 1.31. The van der Waals surface area contributed by atoms with Crippen molar-refractivity contribution in [3.8, 4) is 6.07 Å². The van der Waals surface area contributed by atoms with E-state index in [-0.39, 0.29) is 12.2 Å². The Morgan fingerprint density at radius 1 is 1.29 bits per heavy atom. The van der Waals surface area contributed by atoms with Gasteiger partial charge in [-0.05, 0) is 5.56 Å². The molecule has 0 spiro atoms. The summed E-state index contributed by atoms with van der Waals surface area (Å²) >= 11 is 0. The van der Waals surface area contributed by atoms with E-state index in [2.05, 4.69) is 10.5 Å². The Hall–Kier alpha value is -3.77. The first-order chi connectivity index (χ1) is 13.5. The molecule has 28 heavy (non-hydrogen) atoms. The maximum absolute atomic E-state index is 12.9. The van der Waals surface area contributed by atoms with E-state index < -0.39 is 28.5 Å². The van der Waals surface area contributed by atoms with Crippen LogP contribution in [0.25, 0.3) is 0 Å². The van der Waals surface area contributed by atoms with Crippen LogP contribution in [-0.4, -0.2) is 38.8 Å². The van der Waals surface area contributed by atoms with Gasteiger partial charge in [-0.1, -0.05) is 42.5 Å². The number of hydrogen-bond acceptors (Lipinski definition) is 7. The highest BCUT2D eigenvalue weighted by Crippen LogP contribution is 2.47. The number of nitrogens with zero attached hydrogens (tertiary/aromatic N) is 4. The largest absolute Gasteiger partial charge is 0.362 e. The zero-order chi connectivity index (χ0) is 19.9. The third-order valence-corrected chi connectivity index (χ3v) is 5.06. The lowest BCUT2D eigenvalue weighted by atomic mass is 9.83. The van der Waals surface area contributed by atoms with Crippen molar-refractivity contribution in [3.63, 3.8) is 0 Å². The molecule has 4 rings (SSSR count). The number of carbonyl (C=O) groups is 1. The number of non-ortho nitro benzene ring substituents is 1. The van der Waals surface area contributed by atoms with Crippen LogP contribution >= 0.6 is 0 Å². The molecular formula is C19H15N5O4. The van der Waals surface area contributed by atoms with Crippen molar-refractivity contribution in [1.29, 1.82) is 5.26 Å². The molecule has 2 aliphatic heterocycles. The van der Waals surface area contributed by atoms with Crippen molar-refractivity contribution in [2.75, 3.05) is 6.54 Å². The molecule has 9 nitrogen and oxygen atoms in total. The number of rotatable bonds is 4. The highest BCUT2D eigenvalue weighted by Gasteiger charge is 2.64. The number of hydrazone groups is 1. The van der Waals surface area contributed by atoms with Crippen LogP contribution in [0, 0.1) is 27.4 Å². The Morgan fingerprint density at radius 2 is 2.04 bits per heavy atom. The fourth-order valence-electron chi connectivity index (χ4n) is 3.86.